The zero-order chi connectivity index (χ0) is 26.3. The van der Waals surface area contributed by atoms with Gasteiger partial charge in [-0.05, 0) is 44.0 Å². The number of aryl methyl sites for hydroxylation is 2. The maximum Gasteiger partial charge on any atom is 0.163 e. The predicted molar refractivity (Wildman–Crippen MR) is 152 cm³/mol. The van der Waals surface area contributed by atoms with Crippen LogP contribution in [-0.2, 0) is 6.54 Å². The zero-order valence-corrected chi connectivity index (χ0v) is 22.6. The molecule has 0 spiro atoms. The number of nitrogens with one attached hydrogen (secondary N) is 2. The molecule has 0 amide bonds. The van der Waals surface area contributed by atoms with Gasteiger partial charge in [-0.1, -0.05) is 6.07 Å². The van der Waals surface area contributed by atoms with Crippen molar-refractivity contribution in [2.24, 2.45) is 0 Å². The van der Waals surface area contributed by atoms with Crippen LogP contribution in [0.2, 0.25) is 0 Å². The second-order valence-corrected chi connectivity index (χ2v) is 10.9. The molecule has 3 saturated heterocycles. The van der Waals surface area contributed by atoms with Gasteiger partial charge in [0.1, 0.15) is 11.6 Å². The summed E-state index contributed by atoms with van der Waals surface area (Å²) in [6, 6.07) is 13.3. The third-order valence-electron chi connectivity index (χ3n) is 7.38. The van der Waals surface area contributed by atoms with E-state index in [2.05, 4.69) is 64.5 Å². The molecular formula is C28H28N10S. The van der Waals surface area contributed by atoms with Crippen molar-refractivity contribution in [2.75, 3.05) is 23.3 Å². The van der Waals surface area contributed by atoms with Gasteiger partial charge < -0.3 is 10.2 Å². The first-order chi connectivity index (χ1) is 19.1. The summed E-state index contributed by atoms with van der Waals surface area (Å²) in [5.74, 6) is 3.08. The lowest BCUT2D eigenvalue weighted by molar-refractivity contribution is -0.00874. The van der Waals surface area contributed by atoms with Crippen LogP contribution in [0.4, 0.5) is 17.5 Å². The van der Waals surface area contributed by atoms with Gasteiger partial charge in [0, 0.05) is 78.6 Å². The summed E-state index contributed by atoms with van der Waals surface area (Å²) in [7, 11) is 0. The fourth-order valence-corrected chi connectivity index (χ4v) is 5.98. The first kappa shape index (κ1) is 23.9. The molecule has 0 aromatic carbocycles. The molecule has 0 radical (unpaired) electrons. The molecular weight excluding hydrogens is 508 g/mol. The van der Waals surface area contributed by atoms with Gasteiger partial charge in [0.15, 0.2) is 11.6 Å². The molecule has 2 N–H and O–H groups in total. The van der Waals surface area contributed by atoms with E-state index in [-0.39, 0.29) is 0 Å². The van der Waals surface area contributed by atoms with E-state index in [1.807, 2.05) is 49.3 Å². The lowest BCUT2D eigenvalue weighted by Crippen LogP contribution is -2.68. The molecule has 0 aliphatic carbocycles. The number of aromatic nitrogens is 7. The Kier molecular flexibility index (Phi) is 6.01. The first-order valence-electron chi connectivity index (χ1n) is 13.0. The Morgan fingerprint density at radius 1 is 0.949 bits per heavy atom. The van der Waals surface area contributed by atoms with Gasteiger partial charge in [0.25, 0.3) is 0 Å². The van der Waals surface area contributed by atoms with Gasteiger partial charge in [-0.25, -0.2) is 19.9 Å². The molecule has 3 aliphatic rings. The van der Waals surface area contributed by atoms with Gasteiger partial charge in [0.2, 0.25) is 0 Å². The molecule has 5 aromatic heterocycles. The summed E-state index contributed by atoms with van der Waals surface area (Å²) in [6.07, 6.45) is 5.10. The quantitative estimate of drug-likeness (QED) is 0.308. The molecule has 5 aromatic rings. The van der Waals surface area contributed by atoms with E-state index in [4.69, 9.17) is 9.97 Å². The van der Waals surface area contributed by atoms with Crippen molar-refractivity contribution in [1.82, 2.24) is 40.0 Å². The molecule has 10 nitrogen and oxygen atoms in total. The van der Waals surface area contributed by atoms with Gasteiger partial charge in [0.05, 0.1) is 16.9 Å². The lowest BCUT2D eigenvalue weighted by Gasteiger charge is -2.56. The van der Waals surface area contributed by atoms with Crippen LogP contribution in [0.25, 0.3) is 22.8 Å². The maximum atomic E-state index is 4.80. The van der Waals surface area contributed by atoms with Crippen LogP contribution in [0.5, 0.6) is 0 Å². The van der Waals surface area contributed by atoms with Gasteiger partial charge in [-0.15, -0.1) is 11.3 Å². The number of H-pyrrole nitrogens is 1. The van der Waals surface area contributed by atoms with Crippen LogP contribution in [-0.4, -0.2) is 65.2 Å². The summed E-state index contributed by atoms with van der Waals surface area (Å²) in [6.45, 7) is 6.81. The Morgan fingerprint density at radius 2 is 1.85 bits per heavy atom. The van der Waals surface area contributed by atoms with Crippen molar-refractivity contribution in [3.05, 3.63) is 76.6 Å². The Morgan fingerprint density at radius 3 is 2.54 bits per heavy atom. The minimum Gasteiger partial charge on any atom is -0.353 e. The highest BCUT2D eigenvalue weighted by molar-refractivity contribution is 7.07. The van der Waals surface area contributed by atoms with E-state index in [1.165, 1.54) is 12.0 Å². The fraction of sp³-hybridized carbons (Fsp3) is 0.286. The Bertz CT molecular complexity index is 1570. The predicted octanol–water partition coefficient (Wildman–Crippen LogP) is 4.60. The van der Waals surface area contributed by atoms with E-state index >= 15 is 0 Å². The number of rotatable bonds is 7. The van der Waals surface area contributed by atoms with E-state index in [0.29, 0.717) is 23.7 Å². The van der Waals surface area contributed by atoms with Crippen LogP contribution >= 0.6 is 11.3 Å². The number of anilines is 3. The second-order valence-electron chi connectivity index (χ2n) is 10.2. The average molecular weight is 537 g/mol. The van der Waals surface area contributed by atoms with Crippen molar-refractivity contribution in [2.45, 2.75) is 38.9 Å². The molecule has 39 heavy (non-hydrogen) atoms. The number of hydrogen-bond acceptors (Lipinski definition) is 10. The Labute approximate surface area is 230 Å². The summed E-state index contributed by atoms with van der Waals surface area (Å²) < 4.78 is 0. The van der Waals surface area contributed by atoms with E-state index in [0.717, 1.165) is 59.6 Å². The van der Waals surface area contributed by atoms with Gasteiger partial charge in [-0.2, -0.15) is 5.10 Å². The number of nitrogens with zero attached hydrogens (tertiary/aromatic N) is 8. The number of thiazole rings is 1. The maximum absolute atomic E-state index is 4.80. The first-order valence-corrected chi connectivity index (χ1v) is 14.0. The molecule has 8 rings (SSSR count). The minimum absolute atomic E-state index is 0.530. The molecule has 2 bridgehead atoms. The highest BCUT2D eigenvalue weighted by atomic mass is 32.1. The number of hydrogen-bond donors (Lipinski definition) is 2. The van der Waals surface area contributed by atoms with Crippen molar-refractivity contribution in [1.29, 1.82) is 0 Å². The Hall–Kier alpha value is -4.22. The lowest BCUT2D eigenvalue weighted by atomic mass is 9.87. The Balaban J connectivity index is 0.996. The van der Waals surface area contributed by atoms with Crippen molar-refractivity contribution < 1.29 is 0 Å². The second kappa shape index (κ2) is 9.83. The monoisotopic (exact) mass is 536 g/mol. The van der Waals surface area contributed by atoms with Crippen LogP contribution in [0, 0.1) is 13.8 Å². The van der Waals surface area contributed by atoms with E-state index in [9.17, 15) is 0 Å². The van der Waals surface area contributed by atoms with Crippen molar-refractivity contribution in [3.8, 4) is 22.8 Å². The molecule has 2 atom stereocenters. The van der Waals surface area contributed by atoms with Crippen LogP contribution in [0.1, 0.15) is 23.4 Å². The standard InChI is InChI=1S/C28H28N10S/c1-17-7-25(33-26-8-18(2)35-36-26)34-28(32-17)20-4-6-27(30-11-20)37-13-21-9-22(14-37)38(21)12-19-3-5-23(29-10-19)24-15-39-16-31-24/h3-8,10-11,15-16,21-22H,9,12-14H2,1-2H3,(H2,32,33,34,35,36). The van der Waals surface area contributed by atoms with E-state index < -0.39 is 0 Å². The van der Waals surface area contributed by atoms with Gasteiger partial charge >= 0.3 is 0 Å². The van der Waals surface area contributed by atoms with Crippen molar-refractivity contribution >= 4 is 28.8 Å². The molecule has 2 unspecified atom stereocenters. The third kappa shape index (κ3) is 4.86. The zero-order valence-electron chi connectivity index (χ0n) is 21.7. The topological polar surface area (TPSA) is 112 Å². The van der Waals surface area contributed by atoms with Crippen LogP contribution in [0.3, 0.4) is 0 Å². The summed E-state index contributed by atoms with van der Waals surface area (Å²) in [5.41, 5.74) is 7.71. The highest BCUT2D eigenvalue weighted by Crippen LogP contribution is 2.35. The molecule has 3 aliphatic heterocycles. The SMILES string of the molecule is Cc1cc(Nc2cc(C)[nH]n2)nc(-c2ccc(N3CC4CC(C3)N4Cc3ccc(-c4cscn4)nc3)nc2)n1. The molecule has 0 saturated carbocycles. The molecule has 11 heteroatoms. The minimum atomic E-state index is 0.530. The fourth-order valence-electron chi connectivity index (χ4n) is 5.43. The smallest absolute Gasteiger partial charge is 0.163 e. The number of piperidine rings is 1. The molecule has 196 valence electrons. The summed E-state index contributed by atoms with van der Waals surface area (Å²) in [4.78, 5) is 28.1. The highest BCUT2D eigenvalue weighted by Gasteiger charge is 2.44. The largest absolute Gasteiger partial charge is 0.353 e. The molecule has 3 fully saturated rings. The van der Waals surface area contributed by atoms with Crippen LogP contribution in [0.15, 0.2) is 59.7 Å². The number of pyridine rings is 2. The van der Waals surface area contributed by atoms with E-state index in [1.54, 1.807) is 11.3 Å². The van der Waals surface area contributed by atoms with Crippen molar-refractivity contribution in [3.63, 3.8) is 0 Å². The van der Waals surface area contributed by atoms with Gasteiger partial charge in [-0.3, -0.25) is 15.0 Å². The summed E-state index contributed by atoms with van der Waals surface area (Å²) in [5, 5.41) is 12.4. The number of aromatic amines is 1. The number of piperazine rings is 1. The van der Waals surface area contributed by atoms with Crippen LogP contribution < -0.4 is 10.2 Å². The normalized spacial score (nSPS) is 18.7. The third-order valence-corrected chi connectivity index (χ3v) is 7.96. The number of fused-ring (bicyclic) bond motifs is 2. The molecule has 8 heterocycles. The average Bonchev–Trinajstić information content (AvgIpc) is 3.64. The summed E-state index contributed by atoms with van der Waals surface area (Å²) >= 11 is 1.59.